The lowest BCUT2D eigenvalue weighted by Gasteiger charge is -2.16. The number of thiophene rings is 1. The fraction of sp³-hybridized carbons (Fsp3) is 0.261. The highest BCUT2D eigenvalue weighted by molar-refractivity contribution is 7.14. The van der Waals surface area contributed by atoms with E-state index < -0.39 is 0 Å². The van der Waals surface area contributed by atoms with E-state index in [1.54, 1.807) is 35.7 Å². The molecular formula is C23H21N3O2S. The average Bonchev–Trinajstić information content (AvgIpc) is 3.14. The number of fused-ring (bicyclic) bond motifs is 1. The second-order valence-corrected chi connectivity index (χ2v) is 8.54. The number of nitrogens with zero attached hydrogens (tertiary/aromatic N) is 2. The number of aromatic nitrogens is 1. The van der Waals surface area contributed by atoms with Crippen LogP contribution in [0.25, 0.3) is 0 Å². The Labute approximate surface area is 174 Å². The van der Waals surface area contributed by atoms with E-state index in [0.29, 0.717) is 17.2 Å². The molecule has 1 aromatic carbocycles. The number of aryl methyl sites for hydroxylation is 2. The third-order valence-corrected chi connectivity index (χ3v) is 6.34. The average molecular weight is 404 g/mol. The molecule has 0 fully saturated rings. The summed E-state index contributed by atoms with van der Waals surface area (Å²) in [6, 6.07) is 12.9. The molecule has 0 radical (unpaired) electrons. The van der Waals surface area contributed by atoms with Crippen molar-refractivity contribution in [1.82, 2.24) is 4.98 Å². The maximum Gasteiger partial charge on any atom is 0.265 e. The molecule has 1 N–H and O–H groups in total. The zero-order valence-electron chi connectivity index (χ0n) is 16.4. The van der Waals surface area contributed by atoms with Crippen molar-refractivity contribution in [2.75, 3.05) is 5.32 Å². The van der Waals surface area contributed by atoms with Gasteiger partial charge in [-0.2, -0.15) is 5.26 Å². The molecule has 6 heteroatoms. The van der Waals surface area contributed by atoms with Crippen molar-refractivity contribution in [3.8, 4) is 17.7 Å². The molecule has 1 aliphatic rings. The molecule has 0 spiro atoms. The number of hydrogen-bond acceptors (Lipinski definition) is 5. The third-order valence-electron chi connectivity index (χ3n) is 5.11. The van der Waals surface area contributed by atoms with Crippen molar-refractivity contribution >= 4 is 22.9 Å². The number of carbonyl (C=O) groups excluding carboxylic acids is 1. The second-order valence-electron chi connectivity index (χ2n) is 7.41. The number of nitriles is 1. The number of hydrogen-bond donors (Lipinski definition) is 1. The summed E-state index contributed by atoms with van der Waals surface area (Å²) in [6.07, 6.45) is 4.90. The van der Waals surface area contributed by atoms with E-state index in [4.69, 9.17) is 10.00 Å². The number of anilines is 1. The molecule has 29 heavy (non-hydrogen) atoms. The fourth-order valence-corrected chi connectivity index (χ4v) is 4.61. The van der Waals surface area contributed by atoms with Crippen LogP contribution in [0.2, 0.25) is 0 Å². The van der Waals surface area contributed by atoms with Gasteiger partial charge in [0.1, 0.15) is 17.4 Å². The molecule has 4 rings (SSSR count). The van der Waals surface area contributed by atoms with E-state index >= 15 is 0 Å². The number of amides is 1. The summed E-state index contributed by atoms with van der Waals surface area (Å²) < 4.78 is 5.75. The predicted molar refractivity (Wildman–Crippen MR) is 114 cm³/mol. The van der Waals surface area contributed by atoms with Crippen molar-refractivity contribution in [2.45, 2.75) is 33.1 Å². The lowest BCUT2D eigenvalue weighted by molar-refractivity contribution is 0.103. The van der Waals surface area contributed by atoms with E-state index in [1.165, 1.54) is 16.9 Å². The van der Waals surface area contributed by atoms with Gasteiger partial charge in [0.15, 0.2) is 0 Å². The van der Waals surface area contributed by atoms with Crippen LogP contribution >= 0.6 is 11.3 Å². The first-order valence-corrected chi connectivity index (χ1v) is 10.4. The highest BCUT2D eigenvalue weighted by Gasteiger charge is 2.21. The van der Waals surface area contributed by atoms with E-state index in [1.807, 2.05) is 25.1 Å². The van der Waals surface area contributed by atoms with Gasteiger partial charge < -0.3 is 10.1 Å². The van der Waals surface area contributed by atoms with Gasteiger partial charge in [0.05, 0.1) is 4.88 Å². The van der Waals surface area contributed by atoms with Gasteiger partial charge in [-0.1, -0.05) is 6.92 Å². The highest BCUT2D eigenvalue weighted by Crippen LogP contribution is 2.33. The standard InChI is InChI=1S/C23H21N3O2S/c1-14-5-8-20-17(10-14)12-21(29-20)22(27)26-19-7-6-18(11-15(19)2)28-23-16(13-24)4-3-9-25-23/h3-4,6-7,9,11-12,14H,5,8,10H2,1-2H3,(H,26,27). The van der Waals surface area contributed by atoms with Gasteiger partial charge in [-0.05, 0) is 79.6 Å². The number of nitrogens with one attached hydrogen (secondary N) is 1. The van der Waals surface area contributed by atoms with E-state index in [2.05, 4.69) is 23.3 Å². The lowest BCUT2D eigenvalue weighted by atomic mass is 9.90. The van der Waals surface area contributed by atoms with Gasteiger partial charge in [0, 0.05) is 16.8 Å². The minimum atomic E-state index is -0.0784. The molecule has 2 aromatic heterocycles. The monoisotopic (exact) mass is 403 g/mol. The van der Waals surface area contributed by atoms with E-state index in [-0.39, 0.29) is 11.8 Å². The van der Waals surface area contributed by atoms with Gasteiger partial charge >= 0.3 is 0 Å². The largest absolute Gasteiger partial charge is 0.438 e. The summed E-state index contributed by atoms with van der Waals surface area (Å²) >= 11 is 1.60. The summed E-state index contributed by atoms with van der Waals surface area (Å²) in [5.74, 6) is 1.44. The molecule has 1 atom stereocenters. The van der Waals surface area contributed by atoms with Crippen LogP contribution in [-0.2, 0) is 12.8 Å². The van der Waals surface area contributed by atoms with Gasteiger partial charge in [0.2, 0.25) is 5.88 Å². The van der Waals surface area contributed by atoms with Crippen LogP contribution in [0.15, 0.2) is 42.6 Å². The molecule has 0 aliphatic heterocycles. The Morgan fingerprint density at radius 3 is 3.00 bits per heavy atom. The topological polar surface area (TPSA) is 75.0 Å². The smallest absolute Gasteiger partial charge is 0.265 e. The molecule has 0 saturated heterocycles. The first kappa shape index (κ1) is 19.2. The Morgan fingerprint density at radius 2 is 2.21 bits per heavy atom. The SMILES string of the molecule is Cc1cc(Oc2ncccc2C#N)ccc1NC(=O)c1cc2c(s1)CCC(C)C2. The Morgan fingerprint density at radius 1 is 1.34 bits per heavy atom. The Kier molecular flexibility index (Phi) is 5.32. The Hall–Kier alpha value is -3.17. The van der Waals surface area contributed by atoms with Crippen LogP contribution in [0.1, 0.15) is 44.6 Å². The minimum absolute atomic E-state index is 0.0784. The van der Waals surface area contributed by atoms with Crippen molar-refractivity contribution in [3.63, 3.8) is 0 Å². The van der Waals surface area contributed by atoms with Crippen molar-refractivity contribution in [2.24, 2.45) is 5.92 Å². The van der Waals surface area contributed by atoms with Crippen LogP contribution in [0, 0.1) is 24.2 Å². The number of carbonyl (C=O) groups is 1. The number of benzene rings is 1. The zero-order chi connectivity index (χ0) is 20.4. The number of rotatable bonds is 4. The second kappa shape index (κ2) is 8.06. The van der Waals surface area contributed by atoms with Crippen molar-refractivity contribution in [1.29, 1.82) is 5.26 Å². The molecule has 3 aromatic rings. The van der Waals surface area contributed by atoms with Crippen molar-refractivity contribution < 1.29 is 9.53 Å². The van der Waals surface area contributed by atoms with E-state index in [0.717, 1.165) is 29.0 Å². The molecule has 1 aliphatic carbocycles. The van der Waals surface area contributed by atoms with Crippen LogP contribution in [0.5, 0.6) is 11.6 Å². The summed E-state index contributed by atoms with van der Waals surface area (Å²) in [5.41, 5.74) is 3.31. The molecular weight excluding hydrogens is 382 g/mol. The maximum atomic E-state index is 12.7. The third kappa shape index (κ3) is 4.15. The van der Waals surface area contributed by atoms with Gasteiger partial charge in [-0.15, -0.1) is 11.3 Å². The molecule has 1 amide bonds. The number of pyridine rings is 1. The minimum Gasteiger partial charge on any atom is -0.438 e. The van der Waals surface area contributed by atoms with E-state index in [9.17, 15) is 4.79 Å². The quantitative estimate of drug-likeness (QED) is 0.625. The molecule has 2 heterocycles. The molecule has 1 unspecified atom stereocenters. The van der Waals surface area contributed by atoms with Crippen molar-refractivity contribution in [3.05, 3.63) is 69.0 Å². The Balaban J connectivity index is 1.49. The van der Waals surface area contributed by atoms with Crippen LogP contribution in [-0.4, -0.2) is 10.9 Å². The van der Waals surface area contributed by atoms with Crippen LogP contribution in [0.3, 0.4) is 0 Å². The van der Waals surface area contributed by atoms with Crippen LogP contribution in [0.4, 0.5) is 5.69 Å². The highest BCUT2D eigenvalue weighted by atomic mass is 32.1. The van der Waals surface area contributed by atoms with Gasteiger partial charge in [-0.25, -0.2) is 4.98 Å². The fourth-order valence-electron chi connectivity index (χ4n) is 3.51. The molecule has 5 nitrogen and oxygen atoms in total. The first-order chi connectivity index (χ1) is 14.0. The summed E-state index contributed by atoms with van der Waals surface area (Å²) in [7, 11) is 0. The van der Waals surface area contributed by atoms with Gasteiger partial charge in [-0.3, -0.25) is 4.79 Å². The molecule has 146 valence electrons. The Bertz CT molecular complexity index is 1110. The lowest BCUT2D eigenvalue weighted by Crippen LogP contribution is -2.11. The summed E-state index contributed by atoms with van der Waals surface area (Å²) in [5, 5.41) is 12.2. The predicted octanol–water partition coefficient (Wildman–Crippen LogP) is 5.49. The first-order valence-electron chi connectivity index (χ1n) is 9.60. The summed E-state index contributed by atoms with van der Waals surface area (Å²) in [6.45, 7) is 4.17. The normalized spacial score (nSPS) is 15.3. The summed E-state index contributed by atoms with van der Waals surface area (Å²) in [4.78, 5) is 19.0. The van der Waals surface area contributed by atoms with Gasteiger partial charge in [0.25, 0.3) is 5.91 Å². The molecule has 0 bridgehead atoms. The van der Waals surface area contributed by atoms with Crippen LogP contribution < -0.4 is 10.1 Å². The molecule has 0 saturated carbocycles. The maximum absolute atomic E-state index is 12.7. The zero-order valence-corrected chi connectivity index (χ0v) is 17.2. The number of ether oxygens (including phenoxy) is 1.